The molecule has 1 aromatic rings. The second-order valence-corrected chi connectivity index (χ2v) is 4.88. The molecular formula is C14H22N2O2. The summed E-state index contributed by atoms with van der Waals surface area (Å²) in [6.07, 6.45) is 6.47. The second-order valence-electron chi connectivity index (χ2n) is 4.88. The van der Waals surface area contributed by atoms with E-state index in [4.69, 9.17) is 4.42 Å². The molecule has 100 valence electrons. The molecule has 1 aliphatic rings. The number of hydrogen-bond acceptors (Lipinski definition) is 3. The van der Waals surface area contributed by atoms with E-state index >= 15 is 0 Å². The van der Waals surface area contributed by atoms with Crippen molar-refractivity contribution in [3.05, 3.63) is 24.2 Å². The maximum Gasteiger partial charge on any atom is 0.220 e. The van der Waals surface area contributed by atoms with Gasteiger partial charge in [0.05, 0.1) is 12.3 Å². The second kappa shape index (κ2) is 6.59. The highest BCUT2D eigenvalue weighted by atomic mass is 16.3. The smallest absolute Gasteiger partial charge is 0.220 e. The third kappa shape index (κ3) is 4.18. The number of carbonyl (C=O) groups is 1. The molecule has 0 radical (unpaired) electrons. The van der Waals surface area contributed by atoms with E-state index in [1.54, 1.807) is 6.26 Å². The van der Waals surface area contributed by atoms with Crippen molar-refractivity contribution in [1.29, 1.82) is 0 Å². The Morgan fingerprint density at radius 1 is 1.56 bits per heavy atom. The van der Waals surface area contributed by atoms with E-state index < -0.39 is 0 Å². The van der Waals surface area contributed by atoms with Crippen LogP contribution in [0.25, 0.3) is 0 Å². The third-order valence-corrected chi connectivity index (χ3v) is 3.21. The molecule has 0 saturated heterocycles. The molecule has 1 atom stereocenters. The largest absolute Gasteiger partial charge is 0.468 e. The summed E-state index contributed by atoms with van der Waals surface area (Å²) in [6.45, 7) is 2.97. The average molecular weight is 250 g/mol. The number of amides is 1. The minimum atomic E-state index is 0.186. The van der Waals surface area contributed by atoms with Crippen molar-refractivity contribution in [2.24, 2.45) is 0 Å². The zero-order valence-electron chi connectivity index (χ0n) is 10.9. The molecule has 2 rings (SSSR count). The molecule has 0 aromatic carbocycles. The van der Waals surface area contributed by atoms with E-state index in [1.807, 2.05) is 12.1 Å². The standard InChI is InChI=1S/C14H22N2O2/c1-2-12(13-5-4-10-18-13)15-9-3-6-14(17)16-11-7-8-11/h4-5,10-12,15H,2-3,6-9H2,1H3,(H,16,17). The van der Waals surface area contributed by atoms with Crippen LogP contribution in [0, 0.1) is 0 Å². The van der Waals surface area contributed by atoms with Crippen molar-refractivity contribution in [2.75, 3.05) is 6.54 Å². The molecule has 1 aromatic heterocycles. The van der Waals surface area contributed by atoms with Crippen LogP contribution in [0.2, 0.25) is 0 Å². The van der Waals surface area contributed by atoms with Crippen LogP contribution in [0.1, 0.15) is 50.8 Å². The molecule has 1 heterocycles. The SMILES string of the molecule is CCC(NCCCC(=O)NC1CC1)c1ccco1. The lowest BCUT2D eigenvalue weighted by Gasteiger charge is -2.14. The number of hydrogen-bond donors (Lipinski definition) is 2. The summed E-state index contributed by atoms with van der Waals surface area (Å²) in [7, 11) is 0. The van der Waals surface area contributed by atoms with E-state index in [0.29, 0.717) is 12.5 Å². The first kappa shape index (κ1) is 13.1. The fourth-order valence-corrected chi connectivity index (χ4v) is 1.99. The Hall–Kier alpha value is -1.29. The summed E-state index contributed by atoms with van der Waals surface area (Å²) < 4.78 is 5.38. The molecule has 2 N–H and O–H groups in total. The average Bonchev–Trinajstić information content (AvgIpc) is 3.01. The predicted octanol–water partition coefficient (Wildman–Crippen LogP) is 2.38. The summed E-state index contributed by atoms with van der Waals surface area (Å²) in [4.78, 5) is 11.5. The fourth-order valence-electron chi connectivity index (χ4n) is 1.99. The highest BCUT2D eigenvalue weighted by Crippen LogP contribution is 2.19. The van der Waals surface area contributed by atoms with E-state index in [0.717, 1.165) is 38.0 Å². The van der Waals surface area contributed by atoms with Crippen LogP contribution in [0.5, 0.6) is 0 Å². The van der Waals surface area contributed by atoms with Gasteiger partial charge in [0, 0.05) is 12.5 Å². The molecule has 0 spiro atoms. The van der Waals surface area contributed by atoms with Crippen molar-refractivity contribution in [3.8, 4) is 0 Å². The van der Waals surface area contributed by atoms with Crippen LogP contribution in [-0.2, 0) is 4.79 Å². The number of rotatable bonds is 8. The summed E-state index contributed by atoms with van der Waals surface area (Å²) in [6, 6.07) is 4.62. The molecule has 0 bridgehead atoms. The quantitative estimate of drug-likeness (QED) is 0.696. The van der Waals surface area contributed by atoms with Crippen LogP contribution >= 0.6 is 0 Å². The lowest BCUT2D eigenvalue weighted by molar-refractivity contribution is -0.121. The van der Waals surface area contributed by atoms with Gasteiger partial charge in [0.25, 0.3) is 0 Å². The molecule has 1 amide bonds. The highest BCUT2D eigenvalue weighted by Gasteiger charge is 2.22. The van der Waals surface area contributed by atoms with Crippen LogP contribution in [0.4, 0.5) is 0 Å². The summed E-state index contributed by atoms with van der Waals surface area (Å²) >= 11 is 0. The van der Waals surface area contributed by atoms with Crippen LogP contribution in [-0.4, -0.2) is 18.5 Å². The Labute approximate surface area is 108 Å². The van der Waals surface area contributed by atoms with Gasteiger partial charge in [-0.3, -0.25) is 4.79 Å². The molecule has 1 aliphatic carbocycles. The predicted molar refractivity (Wildman–Crippen MR) is 70.1 cm³/mol. The third-order valence-electron chi connectivity index (χ3n) is 3.21. The fraction of sp³-hybridized carbons (Fsp3) is 0.643. The van der Waals surface area contributed by atoms with Gasteiger partial charge in [-0.2, -0.15) is 0 Å². The molecule has 1 unspecified atom stereocenters. The molecule has 18 heavy (non-hydrogen) atoms. The van der Waals surface area contributed by atoms with E-state index in [2.05, 4.69) is 17.6 Å². The van der Waals surface area contributed by atoms with Crippen LogP contribution in [0.15, 0.2) is 22.8 Å². The van der Waals surface area contributed by atoms with E-state index in [1.165, 1.54) is 0 Å². The zero-order chi connectivity index (χ0) is 12.8. The van der Waals surface area contributed by atoms with Crippen LogP contribution < -0.4 is 10.6 Å². The first-order valence-electron chi connectivity index (χ1n) is 6.85. The Bertz CT molecular complexity index is 358. The first-order valence-corrected chi connectivity index (χ1v) is 6.85. The minimum absolute atomic E-state index is 0.186. The van der Waals surface area contributed by atoms with Gasteiger partial charge in [0.1, 0.15) is 5.76 Å². The number of nitrogens with one attached hydrogen (secondary N) is 2. The lowest BCUT2D eigenvalue weighted by atomic mass is 10.1. The maximum atomic E-state index is 11.5. The van der Waals surface area contributed by atoms with Crippen molar-refractivity contribution in [1.82, 2.24) is 10.6 Å². The van der Waals surface area contributed by atoms with Gasteiger partial charge in [-0.05, 0) is 44.4 Å². The van der Waals surface area contributed by atoms with Crippen molar-refractivity contribution >= 4 is 5.91 Å². The molecule has 1 saturated carbocycles. The molecule has 4 nitrogen and oxygen atoms in total. The highest BCUT2D eigenvalue weighted by molar-refractivity contribution is 5.76. The van der Waals surface area contributed by atoms with Gasteiger partial charge in [-0.1, -0.05) is 6.92 Å². The van der Waals surface area contributed by atoms with Gasteiger partial charge >= 0.3 is 0 Å². The topological polar surface area (TPSA) is 54.3 Å². The first-order chi connectivity index (χ1) is 8.79. The van der Waals surface area contributed by atoms with E-state index in [-0.39, 0.29) is 11.9 Å². The summed E-state index contributed by atoms with van der Waals surface area (Å²) in [5.74, 6) is 1.16. The zero-order valence-corrected chi connectivity index (χ0v) is 10.9. The minimum Gasteiger partial charge on any atom is -0.468 e. The van der Waals surface area contributed by atoms with Gasteiger partial charge < -0.3 is 15.1 Å². The van der Waals surface area contributed by atoms with Gasteiger partial charge in [0.2, 0.25) is 5.91 Å². The van der Waals surface area contributed by atoms with Crippen molar-refractivity contribution < 1.29 is 9.21 Å². The Morgan fingerprint density at radius 3 is 3.00 bits per heavy atom. The molecule has 0 aliphatic heterocycles. The lowest BCUT2D eigenvalue weighted by Crippen LogP contribution is -2.27. The Morgan fingerprint density at radius 2 is 2.39 bits per heavy atom. The molecular weight excluding hydrogens is 228 g/mol. The Kier molecular flexibility index (Phi) is 4.81. The van der Waals surface area contributed by atoms with Gasteiger partial charge in [-0.15, -0.1) is 0 Å². The maximum absolute atomic E-state index is 11.5. The molecule has 1 fully saturated rings. The summed E-state index contributed by atoms with van der Waals surface area (Å²) in [5, 5.41) is 6.42. The monoisotopic (exact) mass is 250 g/mol. The normalized spacial score (nSPS) is 16.5. The van der Waals surface area contributed by atoms with Crippen LogP contribution in [0.3, 0.4) is 0 Å². The number of carbonyl (C=O) groups excluding carboxylic acids is 1. The summed E-state index contributed by atoms with van der Waals surface area (Å²) in [5.41, 5.74) is 0. The Balaban J connectivity index is 1.60. The van der Waals surface area contributed by atoms with Gasteiger partial charge in [-0.25, -0.2) is 0 Å². The number of furan rings is 1. The molecule has 4 heteroatoms. The van der Waals surface area contributed by atoms with Crippen molar-refractivity contribution in [3.63, 3.8) is 0 Å². The van der Waals surface area contributed by atoms with E-state index in [9.17, 15) is 4.79 Å². The van der Waals surface area contributed by atoms with Crippen molar-refractivity contribution in [2.45, 2.75) is 51.1 Å². The van der Waals surface area contributed by atoms with Gasteiger partial charge in [0.15, 0.2) is 0 Å².